The number of rotatable bonds is 4. The Morgan fingerprint density at radius 1 is 1.47 bits per heavy atom. The van der Waals surface area contributed by atoms with Crippen LogP contribution in [0.5, 0.6) is 0 Å². The average Bonchev–Trinajstić information content (AvgIpc) is 2.78. The van der Waals surface area contributed by atoms with Gasteiger partial charge in [0.25, 0.3) is 0 Å². The van der Waals surface area contributed by atoms with Gasteiger partial charge in [0, 0.05) is 5.92 Å². The summed E-state index contributed by atoms with van der Waals surface area (Å²) in [5.41, 5.74) is 0. The van der Waals surface area contributed by atoms with E-state index in [0.29, 0.717) is 12.5 Å². The van der Waals surface area contributed by atoms with Gasteiger partial charge in [-0.25, -0.2) is 4.68 Å². The number of carboxylic acids is 1. The third-order valence-electron chi connectivity index (χ3n) is 3.40. The molecule has 0 amide bonds. The Balaban J connectivity index is 2.07. The first kappa shape index (κ1) is 12.0. The van der Waals surface area contributed by atoms with Crippen LogP contribution in [0.15, 0.2) is 0 Å². The minimum absolute atomic E-state index is 0.355. The quantitative estimate of drug-likeness (QED) is 0.858. The number of carbonyl (C=O) groups is 1. The summed E-state index contributed by atoms with van der Waals surface area (Å²) >= 11 is 0. The van der Waals surface area contributed by atoms with Crippen molar-refractivity contribution in [2.24, 2.45) is 5.92 Å². The highest BCUT2D eigenvalue weighted by Gasteiger charge is 2.23. The van der Waals surface area contributed by atoms with E-state index in [9.17, 15) is 4.79 Å². The zero-order chi connectivity index (χ0) is 12.3. The summed E-state index contributed by atoms with van der Waals surface area (Å²) in [4.78, 5) is 10.8. The standard InChI is InChI=1S/C11H18N4O2/c1-8(11(16)17)7-15-10(12-13-14-15)9-5-3-2-4-6-9/h8-9H,2-7H2,1H3,(H,16,17). The van der Waals surface area contributed by atoms with Gasteiger partial charge in [0.1, 0.15) is 0 Å². The number of carboxylic acid groups (broad SMARTS) is 1. The molecule has 1 saturated carbocycles. The van der Waals surface area contributed by atoms with E-state index in [-0.39, 0.29) is 0 Å². The monoisotopic (exact) mass is 238 g/mol. The summed E-state index contributed by atoms with van der Waals surface area (Å²) in [5.74, 6) is -0.00604. The summed E-state index contributed by atoms with van der Waals surface area (Å²) in [6.07, 6.45) is 5.94. The highest BCUT2D eigenvalue weighted by molar-refractivity contribution is 5.69. The summed E-state index contributed by atoms with van der Waals surface area (Å²) in [5, 5.41) is 20.5. The zero-order valence-electron chi connectivity index (χ0n) is 10.0. The molecular formula is C11H18N4O2. The third kappa shape index (κ3) is 2.81. The molecule has 1 heterocycles. The fourth-order valence-corrected chi connectivity index (χ4v) is 2.33. The molecule has 1 atom stereocenters. The lowest BCUT2D eigenvalue weighted by molar-refractivity contribution is -0.141. The Bertz CT molecular complexity index is 385. The topological polar surface area (TPSA) is 80.9 Å². The number of hydrogen-bond acceptors (Lipinski definition) is 4. The van der Waals surface area contributed by atoms with Gasteiger partial charge in [0.05, 0.1) is 12.5 Å². The zero-order valence-corrected chi connectivity index (χ0v) is 10.0. The molecule has 6 nitrogen and oxygen atoms in total. The van der Waals surface area contributed by atoms with Gasteiger partial charge in [0.15, 0.2) is 5.82 Å². The molecule has 0 bridgehead atoms. The largest absolute Gasteiger partial charge is 0.481 e. The maximum atomic E-state index is 10.8. The first-order valence-corrected chi connectivity index (χ1v) is 6.17. The lowest BCUT2D eigenvalue weighted by Gasteiger charge is -2.20. The summed E-state index contributed by atoms with van der Waals surface area (Å²) in [6, 6.07) is 0. The van der Waals surface area contributed by atoms with Crippen molar-refractivity contribution in [2.45, 2.75) is 51.5 Å². The van der Waals surface area contributed by atoms with Crippen LogP contribution in [0, 0.1) is 5.92 Å². The van der Waals surface area contributed by atoms with Crippen molar-refractivity contribution >= 4 is 5.97 Å². The maximum Gasteiger partial charge on any atom is 0.308 e. The molecule has 1 aliphatic carbocycles. The minimum Gasteiger partial charge on any atom is -0.481 e. The summed E-state index contributed by atoms with van der Waals surface area (Å²) < 4.78 is 1.66. The van der Waals surface area contributed by atoms with Gasteiger partial charge in [-0.3, -0.25) is 4.79 Å². The Morgan fingerprint density at radius 3 is 2.82 bits per heavy atom. The molecule has 0 aromatic carbocycles. The van der Waals surface area contributed by atoms with Crippen LogP contribution < -0.4 is 0 Å². The predicted octanol–water partition coefficient (Wildman–Crippen LogP) is 1.44. The highest BCUT2D eigenvalue weighted by atomic mass is 16.4. The van der Waals surface area contributed by atoms with Crippen molar-refractivity contribution in [1.82, 2.24) is 20.2 Å². The van der Waals surface area contributed by atoms with E-state index in [0.717, 1.165) is 18.7 Å². The molecule has 1 aromatic rings. The van der Waals surface area contributed by atoms with E-state index >= 15 is 0 Å². The van der Waals surface area contributed by atoms with E-state index < -0.39 is 11.9 Å². The van der Waals surface area contributed by atoms with Gasteiger partial charge < -0.3 is 5.11 Å². The number of hydrogen-bond donors (Lipinski definition) is 1. The number of aromatic nitrogens is 4. The van der Waals surface area contributed by atoms with Gasteiger partial charge in [0.2, 0.25) is 0 Å². The van der Waals surface area contributed by atoms with Crippen LogP contribution in [0.25, 0.3) is 0 Å². The molecule has 1 fully saturated rings. The highest BCUT2D eigenvalue weighted by Crippen LogP contribution is 2.31. The molecule has 0 aliphatic heterocycles. The van der Waals surface area contributed by atoms with Gasteiger partial charge in [-0.05, 0) is 23.3 Å². The molecule has 0 radical (unpaired) electrons. The molecule has 1 aliphatic rings. The van der Waals surface area contributed by atoms with Crippen molar-refractivity contribution in [3.8, 4) is 0 Å². The molecule has 1 N–H and O–H groups in total. The van der Waals surface area contributed by atoms with Crippen LogP contribution >= 0.6 is 0 Å². The van der Waals surface area contributed by atoms with E-state index in [2.05, 4.69) is 15.5 Å². The number of tetrazole rings is 1. The van der Waals surface area contributed by atoms with Gasteiger partial charge >= 0.3 is 5.97 Å². The van der Waals surface area contributed by atoms with Gasteiger partial charge in [-0.1, -0.05) is 26.2 Å². The first-order chi connectivity index (χ1) is 8.18. The minimum atomic E-state index is -0.810. The van der Waals surface area contributed by atoms with Crippen molar-refractivity contribution < 1.29 is 9.90 Å². The summed E-state index contributed by atoms with van der Waals surface area (Å²) in [6.45, 7) is 2.03. The Morgan fingerprint density at radius 2 is 2.18 bits per heavy atom. The molecule has 0 spiro atoms. The third-order valence-corrected chi connectivity index (χ3v) is 3.40. The van der Waals surface area contributed by atoms with Crippen molar-refractivity contribution in [1.29, 1.82) is 0 Å². The second-order valence-electron chi connectivity index (χ2n) is 4.79. The molecule has 17 heavy (non-hydrogen) atoms. The fraction of sp³-hybridized carbons (Fsp3) is 0.818. The fourth-order valence-electron chi connectivity index (χ4n) is 2.33. The lowest BCUT2D eigenvalue weighted by Crippen LogP contribution is -2.21. The Kier molecular flexibility index (Phi) is 3.71. The van der Waals surface area contributed by atoms with E-state index in [4.69, 9.17) is 5.11 Å². The molecular weight excluding hydrogens is 220 g/mol. The lowest BCUT2D eigenvalue weighted by atomic mass is 9.88. The van der Waals surface area contributed by atoms with Crippen LogP contribution in [0.3, 0.4) is 0 Å². The molecule has 94 valence electrons. The van der Waals surface area contributed by atoms with Crippen LogP contribution in [0.4, 0.5) is 0 Å². The SMILES string of the molecule is CC(Cn1nnnc1C1CCCCC1)C(=O)O. The second-order valence-corrected chi connectivity index (χ2v) is 4.79. The average molecular weight is 238 g/mol. The normalized spacial score (nSPS) is 19.1. The van der Waals surface area contributed by atoms with Crippen molar-refractivity contribution in [3.05, 3.63) is 5.82 Å². The number of aliphatic carboxylic acids is 1. The van der Waals surface area contributed by atoms with Gasteiger partial charge in [-0.15, -0.1) is 5.10 Å². The Labute approximate surface area is 100 Å². The second kappa shape index (κ2) is 5.25. The molecule has 6 heteroatoms. The maximum absolute atomic E-state index is 10.8. The predicted molar refractivity (Wildman–Crippen MR) is 60.4 cm³/mol. The van der Waals surface area contributed by atoms with Crippen molar-refractivity contribution in [3.63, 3.8) is 0 Å². The van der Waals surface area contributed by atoms with Crippen LogP contribution in [0.1, 0.15) is 50.8 Å². The van der Waals surface area contributed by atoms with Crippen LogP contribution in [-0.4, -0.2) is 31.3 Å². The number of nitrogens with zero attached hydrogens (tertiary/aromatic N) is 4. The van der Waals surface area contributed by atoms with Crippen molar-refractivity contribution in [2.75, 3.05) is 0 Å². The molecule has 1 aromatic heterocycles. The molecule has 0 saturated heterocycles. The van der Waals surface area contributed by atoms with Gasteiger partial charge in [-0.2, -0.15) is 0 Å². The smallest absolute Gasteiger partial charge is 0.308 e. The Hall–Kier alpha value is -1.46. The van der Waals surface area contributed by atoms with E-state index in [1.807, 2.05) is 0 Å². The van der Waals surface area contributed by atoms with E-state index in [1.165, 1.54) is 19.3 Å². The van der Waals surface area contributed by atoms with Crippen LogP contribution in [-0.2, 0) is 11.3 Å². The van der Waals surface area contributed by atoms with E-state index in [1.54, 1.807) is 11.6 Å². The van der Waals surface area contributed by atoms with Crippen LogP contribution in [0.2, 0.25) is 0 Å². The molecule has 2 rings (SSSR count). The summed E-state index contributed by atoms with van der Waals surface area (Å²) in [7, 11) is 0. The first-order valence-electron chi connectivity index (χ1n) is 6.17. The molecule has 1 unspecified atom stereocenters.